The van der Waals surface area contributed by atoms with Gasteiger partial charge in [0.1, 0.15) is 11.4 Å². The molecule has 0 aliphatic carbocycles. The molecule has 1 aromatic carbocycles. The van der Waals surface area contributed by atoms with Crippen molar-refractivity contribution in [2.75, 3.05) is 6.54 Å². The van der Waals surface area contributed by atoms with E-state index >= 15 is 0 Å². The molecule has 4 nitrogen and oxygen atoms in total. The maximum atomic E-state index is 13.5. The number of hydrogen-bond donors (Lipinski definition) is 1. The number of hydrogen-bond acceptors (Lipinski definition) is 2. The van der Waals surface area contributed by atoms with Gasteiger partial charge in [-0.1, -0.05) is 30.7 Å². The van der Waals surface area contributed by atoms with Crippen LogP contribution in [0.2, 0.25) is 5.02 Å². The molecule has 1 aliphatic rings. The highest BCUT2D eigenvalue weighted by Crippen LogP contribution is 2.28. The number of carbonyl (C=O) groups excluding carboxylic acids is 2. The lowest BCUT2D eigenvalue weighted by Crippen LogP contribution is -2.65. The Kier molecular flexibility index (Phi) is 3.99. The lowest BCUT2D eigenvalue weighted by molar-refractivity contribution is -0.153. The predicted octanol–water partition coefficient (Wildman–Crippen LogP) is 2.11. The zero-order chi connectivity index (χ0) is 14.9. The molecule has 0 radical (unpaired) electrons. The van der Waals surface area contributed by atoms with Crippen LogP contribution in [0.3, 0.4) is 0 Å². The number of nitrogens with zero attached hydrogens (tertiary/aromatic N) is 1. The predicted molar refractivity (Wildman–Crippen MR) is 73.7 cm³/mol. The summed E-state index contributed by atoms with van der Waals surface area (Å²) in [6.45, 7) is 3.61. The Balaban J connectivity index is 2.36. The molecule has 0 aromatic heterocycles. The molecule has 6 heteroatoms. The van der Waals surface area contributed by atoms with Crippen LogP contribution in [0.1, 0.15) is 25.8 Å². The second-order valence-electron chi connectivity index (χ2n) is 5.00. The van der Waals surface area contributed by atoms with E-state index in [2.05, 4.69) is 5.32 Å². The number of benzene rings is 1. The van der Waals surface area contributed by atoms with Gasteiger partial charge in [-0.15, -0.1) is 0 Å². The molecule has 2 rings (SSSR count). The number of piperazine rings is 1. The van der Waals surface area contributed by atoms with E-state index in [0.29, 0.717) is 12.0 Å². The first-order valence-corrected chi connectivity index (χ1v) is 6.79. The van der Waals surface area contributed by atoms with E-state index in [1.54, 1.807) is 13.0 Å². The molecule has 1 saturated heterocycles. The quantitative estimate of drug-likeness (QED) is 0.929. The van der Waals surface area contributed by atoms with Crippen molar-refractivity contribution in [2.45, 2.75) is 32.4 Å². The van der Waals surface area contributed by atoms with Gasteiger partial charge in [-0.3, -0.25) is 9.59 Å². The number of carbonyl (C=O) groups is 2. The van der Waals surface area contributed by atoms with Gasteiger partial charge >= 0.3 is 0 Å². The highest BCUT2D eigenvalue weighted by Gasteiger charge is 2.44. The lowest BCUT2D eigenvalue weighted by atomic mass is 9.92. The standard InChI is InChI=1S/C14H16ClFN2O2/c1-3-14(2)13(20)17-7-11(19)18(14)8-9-5-4-6-10(16)12(9)15/h4-6H,3,7-8H2,1-2H3,(H,17,20). The molecule has 1 aromatic rings. The van der Waals surface area contributed by atoms with E-state index in [9.17, 15) is 14.0 Å². The fourth-order valence-electron chi connectivity index (χ4n) is 2.29. The number of nitrogens with one attached hydrogen (secondary N) is 1. The van der Waals surface area contributed by atoms with Crippen LogP contribution in [0.15, 0.2) is 18.2 Å². The summed E-state index contributed by atoms with van der Waals surface area (Å²) in [6.07, 6.45) is 0.470. The van der Waals surface area contributed by atoms with Crippen molar-refractivity contribution in [2.24, 2.45) is 0 Å². The van der Waals surface area contributed by atoms with Crippen LogP contribution in [0.5, 0.6) is 0 Å². The summed E-state index contributed by atoms with van der Waals surface area (Å²) in [5.74, 6) is -0.933. The summed E-state index contributed by atoms with van der Waals surface area (Å²) in [5, 5.41) is 2.57. The molecule has 0 saturated carbocycles. The minimum absolute atomic E-state index is 0.00950. The second kappa shape index (κ2) is 5.40. The van der Waals surface area contributed by atoms with Gasteiger partial charge in [0.15, 0.2) is 0 Å². The van der Waals surface area contributed by atoms with Crippen LogP contribution in [0, 0.1) is 5.82 Å². The Labute approximate surface area is 121 Å². The van der Waals surface area contributed by atoms with Gasteiger partial charge in [0, 0.05) is 6.54 Å². The van der Waals surface area contributed by atoms with Crippen molar-refractivity contribution in [3.8, 4) is 0 Å². The number of rotatable bonds is 3. The SMILES string of the molecule is CCC1(C)C(=O)NCC(=O)N1Cc1cccc(F)c1Cl. The zero-order valence-corrected chi connectivity index (χ0v) is 12.1. The summed E-state index contributed by atoms with van der Waals surface area (Å²) in [4.78, 5) is 25.6. The average Bonchev–Trinajstić information content (AvgIpc) is 2.43. The molecule has 0 bridgehead atoms. The van der Waals surface area contributed by atoms with Crippen LogP contribution in [0.25, 0.3) is 0 Å². The third kappa shape index (κ3) is 2.38. The van der Waals surface area contributed by atoms with E-state index in [-0.39, 0.29) is 29.9 Å². The van der Waals surface area contributed by atoms with Crippen molar-refractivity contribution in [1.29, 1.82) is 0 Å². The molecule has 1 unspecified atom stereocenters. The maximum Gasteiger partial charge on any atom is 0.246 e. The van der Waals surface area contributed by atoms with Crippen molar-refractivity contribution < 1.29 is 14.0 Å². The zero-order valence-electron chi connectivity index (χ0n) is 11.4. The van der Waals surface area contributed by atoms with Crippen LogP contribution >= 0.6 is 11.6 Å². The Hall–Kier alpha value is -1.62. The first kappa shape index (κ1) is 14.8. The molecule has 1 N–H and O–H groups in total. The average molecular weight is 299 g/mol. The molecule has 1 heterocycles. The Morgan fingerprint density at radius 2 is 2.15 bits per heavy atom. The second-order valence-corrected chi connectivity index (χ2v) is 5.38. The van der Waals surface area contributed by atoms with E-state index in [1.807, 2.05) is 6.92 Å². The van der Waals surface area contributed by atoms with Gasteiger partial charge < -0.3 is 10.2 Å². The van der Waals surface area contributed by atoms with Crippen LogP contribution in [0.4, 0.5) is 4.39 Å². The van der Waals surface area contributed by atoms with Crippen LogP contribution in [-0.2, 0) is 16.1 Å². The largest absolute Gasteiger partial charge is 0.345 e. The summed E-state index contributed by atoms with van der Waals surface area (Å²) >= 11 is 5.92. The topological polar surface area (TPSA) is 49.4 Å². The minimum atomic E-state index is -0.940. The van der Waals surface area contributed by atoms with Gasteiger partial charge in [0.25, 0.3) is 0 Å². The van der Waals surface area contributed by atoms with E-state index in [1.165, 1.54) is 17.0 Å². The summed E-state index contributed by atoms with van der Waals surface area (Å²) in [7, 11) is 0. The highest BCUT2D eigenvalue weighted by molar-refractivity contribution is 6.31. The molecular weight excluding hydrogens is 283 g/mol. The van der Waals surface area contributed by atoms with Crippen molar-refractivity contribution >= 4 is 23.4 Å². The van der Waals surface area contributed by atoms with Gasteiger partial charge in [0.2, 0.25) is 11.8 Å². The highest BCUT2D eigenvalue weighted by atomic mass is 35.5. The smallest absolute Gasteiger partial charge is 0.246 e. The molecule has 1 fully saturated rings. The Bertz CT molecular complexity index is 564. The van der Waals surface area contributed by atoms with E-state index in [4.69, 9.17) is 11.6 Å². The lowest BCUT2D eigenvalue weighted by Gasteiger charge is -2.43. The van der Waals surface area contributed by atoms with Crippen molar-refractivity contribution in [3.05, 3.63) is 34.6 Å². The van der Waals surface area contributed by atoms with Crippen molar-refractivity contribution in [1.82, 2.24) is 10.2 Å². The third-order valence-corrected chi connectivity index (χ3v) is 4.26. The maximum absolute atomic E-state index is 13.5. The summed E-state index contributed by atoms with van der Waals surface area (Å²) in [5.41, 5.74) is -0.445. The minimum Gasteiger partial charge on any atom is -0.345 e. The molecule has 108 valence electrons. The summed E-state index contributed by atoms with van der Waals surface area (Å²) < 4.78 is 13.5. The molecule has 20 heavy (non-hydrogen) atoms. The molecular formula is C14H16ClFN2O2. The van der Waals surface area contributed by atoms with Gasteiger partial charge in [-0.25, -0.2) is 4.39 Å². The third-order valence-electron chi connectivity index (χ3n) is 3.83. The monoisotopic (exact) mass is 298 g/mol. The molecule has 1 aliphatic heterocycles. The van der Waals surface area contributed by atoms with Gasteiger partial charge in [-0.05, 0) is 25.0 Å². The molecule has 1 atom stereocenters. The van der Waals surface area contributed by atoms with Gasteiger partial charge in [0.05, 0.1) is 11.6 Å². The normalized spacial score (nSPS) is 22.9. The molecule has 0 spiro atoms. The van der Waals surface area contributed by atoms with Crippen molar-refractivity contribution in [3.63, 3.8) is 0 Å². The fraction of sp³-hybridized carbons (Fsp3) is 0.429. The number of halogens is 2. The fourth-order valence-corrected chi connectivity index (χ4v) is 2.48. The van der Waals surface area contributed by atoms with Gasteiger partial charge in [-0.2, -0.15) is 0 Å². The first-order chi connectivity index (χ1) is 9.40. The van der Waals surface area contributed by atoms with E-state index in [0.717, 1.165) is 0 Å². The Morgan fingerprint density at radius 3 is 2.80 bits per heavy atom. The number of amides is 2. The van der Waals surface area contributed by atoms with Crippen LogP contribution < -0.4 is 5.32 Å². The first-order valence-electron chi connectivity index (χ1n) is 6.41. The summed E-state index contributed by atoms with van der Waals surface area (Å²) in [6, 6.07) is 4.45. The molecule has 2 amide bonds. The van der Waals surface area contributed by atoms with Crippen LogP contribution in [-0.4, -0.2) is 28.8 Å². The Morgan fingerprint density at radius 1 is 1.45 bits per heavy atom. The van der Waals surface area contributed by atoms with E-state index < -0.39 is 11.4 Å².